The highest BCUT2D eigenvalue weighted by atomic mass is 32.2. The van der Waals surface area contributed by atoms with Crippen molar-refractivity contribution in [1.29, 1.82) is 0 Å². The molecule has 0 aliphatic carbocycles. The number of amidine groups is 1. The average molecular weight is 506 g/mol. The van der Waals surface area contributed by atoms with Crippen LogP contribution in [0.1, 0.15) is 16.9 Å². The van der Waals surface area contributed by atoms with Crippen LogP contribution in [0.25, 0.3) is 12.2 Å². The monoisotopic (exact) mass is 505 g/mol. The highest BCUT2D eigenvalue weighted by molar-refractivity contribution is 8.18. The highest BCUT2D eigenvalue weighted by Gasteiger charge is 2.34. The van der Waals surface area contributed by atoms with Gasteiger partial charge in [0.15, 0.2) is 5.17 Å². The molecule has 182 valence electrons. The number of nitrogens with zero attached hydrogens (tertiary/aromatic N) is 3. The van der Waals surface area contributed by atoms with Crippen LogP contribution in [0.2, 0.25) is 0 Å². The van der Waals surface area contributed by atoms with Crippen LogP contribution in [0.5, 0.6) is 11.5 Å². The Balaban J connectivity index is 1.35. The maximum absolute atomic E-state index is 13.3. The number of hydrogen-bond donors (Lipinski definition) is 0. The molecule has 7 heteroatoms. The van der Waals surface area contributed by atoms with Crippen molar-refractivity contribution in [3.05, 3.63) is 131 Å². The molecule has 5 rings (SSSR count). The number of carbonyl (C=O) groups excluding carboxylic acids is 1. The smallest absolute Gasteiger partial charge is 0.267 e. The van der Waals surface area contributed by atoms with Crippen LogP contribution in [-0.4, -0.2) is 22.2 Å². The Morgan fingerprint density at radius 2 is 1.62 bits per heavy atom. The molecular weight excluding hydrogens is 482 g/mol. The zero-order valence-corrected chi connectivity index (χ0v) is 20.6. The molecule has 0 unspecified atom stereocenters. The van der Waals surface area contributed by atoms with Gasteiger partial charge in [-0.1, -0.05) is 66.7 Å². The number of ether oxygens (including phenoxy) is 1. The highest BCUT2D eigenvalue weighted by Crippen LogP contribution is 2.34. The normalized spacial score (nSPS) is 16.0. The molecule has 4 aromatic rings. The van der Waals surface area contributed by atoms with Gasteiger partial charge in [0, 0.05) is 6.21 Å². The lowest BCUT2D eigenvalue weighted by Gasteiger charge is -2.12. The van der Waals surface area contributed by atoms with Crippen LogP contribution in [0.4, 0.5) is 0 Å². The van der Waals surface area contributed by atoms with E-state index >= 15 is 0 Å². The van der Waals surface area contributed by atoms with Gasteiger partial charge in [-0.25, -0.2) is 0 Å². The van der Waals surface area contributed by atoms with E-state index in [2.05, 4.69) is 10.2 Å². The van der Waals surface area contributed by atoms with Gasteiger partial charge in [0.2, 0.25) is 0 Å². The number of para-hydroxylation sites is 1. The second kappa shape index (κ2) is 11.9. The molecule has 0 spiro atoms. The van der Waals surface area contributed by atoms with E-state index in [4.69, 9.17) is 9.15 Å². The molecule has 1 amide bonds. The van der Waals surface area contributed by atoms with Crippen molar-refractivity contribution in [2.45, 2.75) is 6.54 Å². The van der Waals surface area contributed by atoms with E-state index in [9.17, 15) is 4.79 Å². The Labute approximate surface area is 219 Å². The summed E-state index contributed by atoms with van der Waals surface area (Å²) >= 11 is 1.27. The summed E-state index contributed by atoms with van der Waals surface area (Å²) in [5.41, 5.74) is 1.91. The van der Waals surface area contributed by atoms with Crippen molar-refractivity contribution in [3.8, 4) is 11.5 Å². The SMILES string of the molecule is O=C1/C(=C/c2cccc(Oc3ccccc3)c2)S/C(=N/N=C\C=C\c2ccccc2)N1Cc1ccco1. The first kappa shape index (κ1) is 24.1. The van der Waals surface area contributed by atoms with Crippen molar-refractivity contribution in [3.63, 3.8) is 0 Å². The molecule has 3 aromatic carbocycles. The van der Waals surface area contributed by atoms with Crippen molar-refractivity contribution in [2.75, 3.05) is 0 Å². The number of rotatable bonds is 8. The number of allylic oxidation sites excluding steroid dienone is 1. The Morgan fingerprint density at radius 3 is 2.41 bits per heavy atom. The number of thioether (sulfide) groups is 1. The Hall–Kier alpha value is -4.62. The van der Waals surface area contributed by atoms with E-state index in [1.54, 1.807) is 23.4 Å². The molecule has 1 fully saturated rings. The van der Waals surface area contributed by atoms with Gasteiger partial charge in [0.25, 0.3) is 5.91 Å². The third-order valence-corrected chi connectivity index (χ3v) is 6.30. The first-order valence-corrected chi connectivity index (χ1v) is 12.5. The molecule has 2 heterocycles. The van der Waals surface area contributed by atoms with Crippen molar-refractivity contribution in [1.82, 2.24) is 4.90 Å². The van der Waals surface area contributed by atoms with Crippen LogP contribution in [-0.2, 0) is 11.3 Å². The van der Waals surface area contributed by atoms with Crippen LogP contribution in [0, 0.1) is 0 Å². The second-order valence-corrected chi connectivity index (χ2v) is 8.99. The fraction of sp³-hybridized carbons (Fsp3) is 0.0333. The molecule has 6 nitrogen and oxygen atoms in total. The number of benzene rings is 3. The lowest BCUT2D eigenvalue weighted by Crippen LogP contribution is -2.28. The Bertz CT molecular complexity index is 1460. The van der Waals surface area contributed by atoms with E-state index in [-0.39, 0.29) is 12.5 Å². The van der Waals surface area contributed by atoms with Gasteiger partial charge >= 0.3 is 0 Å². The van der Waals surface area contributed by atoms with Gasteiger partial charge < -0.3 is 9.15 Å². The predicted octanol–water partition coefficient (Wildman–Crippen LogP) is 7.24. The topological polar surface area (TPSA) is 67.4 Å². The third kappa shape index (κ3) is 6.54. The molecule has 1 aliphatic heterocycles. The molecule has 0 saturated carbocycles. The lowest BCUT2D eigenvalue weighted by molar-refractivity contribution is -0.122. The van der Waals surface area contributed by atoms with Gasteiger partial charge in [-0.2, -0.15) is 5.10 Å². The van der Waals surface area contributed by atoms with E-state index in [0.29, 0.717) is 21.6 Å². The maximum Gasteiger partial charge on any atom is 0.267 e. The van der Waals surface area contributed by atoms with E-state index in [0.717, 1.165) is 16.9 Å². The standard InChI is InChI=1S/C30H23N3O3S/c34-29-28(21-24-12-7-16-26(20-24)36-25-14-5-2-6-15-25)37-30(33(29)22-27-17-9-19-35-27)32-31-18-8-13-23-10-3-1-4-11-23/h1-21H,22H2/b13-8+,28-21-,31-18-,32-30+. The minimum Gasteiger partial charge on any atom is -0.467 e. The summed E-state index contributed by atoms with van der Waals surface area (Å²) in [6.45, 7) is 0.265. The van der Waals surface area contributed by atoms with Gasteiger partial charge in [0.1, 0.15) is 17.3 Å². The van der Waals surface area contributed by atoms with Gasteiger partial charge in [0.05, 0.1) is 17.7 Å². The fourth-order valence-electron chi connectivity index (χ4n) is 3.56. The first-order chi connectivity index (χ1) is 18.2. The molecule has 0 radical (unpaired) electrons. The number of hydrogen-bond acceptors (Lipinski definition) is 6. The number of carbonyl (C=O) groups is 1. The summed E-state index contributed by atoms with van der Waals surface area (Å²) in [5.74, 6) is 1.93. The van der Waals surface area contributed by atoms with Gasteiger partial charge in [-0.05, 0) is 71.4 Å². The molecule has 1 aliphatic rings. The van der Waals surface area contributed by atoms with Gasteiger partial charge in [-0.3, -0.25) is 9.69 Å². The van der Waals surface area contributed by atoms with Crippen LogP contribution in [0.15, 0.2) is 129 Å². The molecule has 37 heavy (non-hydrogen) atoms. The van der Waals surface area contributed by atoms with Crippen molar-refractivity contribution >= 4 is 41.2 Å². The van der Waals surface area contributed by atoms with Crippen LogP contribution in [0.3, 0.4) is 0 Å². The Morgan fingerprint density at radius 1 is 0.865 bits per heavy atom. The molecule has 1 aromatic heterocycles. The lowest BCUT2D eigenvalue weighted by atomic mass is 10.2. The molecule has 0 atom stereocenters. The average Bonchev–Trinajstić information content (AvgIpc) is 3.54. The number of amides is 1. The summed E-state index contributed by atoms with van der Waals surface area (Å²) in [7, 11) is 0. The van der Waals surface area contributed by atoms with E-state index < -0.39 is 0 Å². The van der Waals surface area contributed by atoms with Crippen LogP contribution >= 0.6 is 11.8 Å². The quantitative estimate of drug-likeness (QED) is 0.144. The second-order valence-electron chi connectivity index (χ2n) is 7.99. The zero-order chi connectivity index (χ0) is 25.3. The summed E-state index contributed by atoms with van der Waals surface area (Å²) in [4.78, 5) is 15.4. The van der Waals surface area contributed by atoms with Gasteiger partial charge in [-0.15, -0.1) is 5.10 Å². The first-order valence-electron chi connectivity index (χ1n) is 11.6. The third-order valence-electron chi connectivity index (χ3n) is 5.30. The fourth-order valence-corrected chi connectivity index (χ4v) is 4.50. The number of furan rings is 1. The minimum absolute atomic E-state index is 0.162. The molecule has 1 saturated heterocycles. The molecular formula is C30H23N3O3S. The van der Waals surface area contributed by atoms with Crippen molar-refractivity contribution in [2.24, 2.45) is 10.2 Å². The summed E-state index contributed by atoms with van der Waals surface area (Å²) in [6.07, 6.45) is 8.77. The Kier molecular flexibility index (Phi) is 7.73. The summed E-state index contributed by atoms with van der Waals surface area (Å²) in [5, 5.41) is 8.98. The molecule has 0 bridgehead atoms. The zero-order valence-electron chi connectivity index (χ0n) is 19.8. The molecule has 0 N–H and O–H groups in total. The van der Waals surface area contributed by atoms with E-state index in [1.807, 2.05) is 109 Å². The predicted molar refractivity (Wildman–Crippen MR) is 149 cm³/mol. The maximum atomic E-state index is 13.3. The minimum atomic E-state index is -0.162. The summed E-state index contributed by atoms with van der Waals surface area (Å²) < 4.78 is 11.4. The summed E-state index contributed by atoms with van der Waals surface area (Å²) in [6, 6.07) is 30.7. The largest absolute Gasteiger partial charge is 0.467 e. The van der Waals surface area contributed by atoms with Crippen molar-refractivity contribution < 1.29 is 13.9 Å². The van der Waals surface area contributed by atoms with E-state index in [1.165, 1.54) is 11.8 Å². The van der Waals surface area contributed by atoms with Crippen LogP contribution < -0.4 is 4.74 Å².